The first-order chi connectivity index (χ1) is 15.8. The zero-order chi connectivity index (χ0) is 24.0. The molecular weight excluding hydrogens is 424 g/mol. The number of hydrogen-bond acceptors (Lipinski definition) is 5. The van der Waals surface area contributed by atoms with Crippen molar-refractivity contribution < 1.29 is 29.3 Å². The molecule has 0 spiro atoms. The Morgan fingerprint density at radius 1 is 1.06 bits per heavy atom. The normalized spacial score (nSPS) is 15.0. The number of fused-ring (bicyclic) bond motifs is 3. The van der Waals surface area contributed by atoms with E-state index in [0.29, 0.717) is 19.4 Å². The molecule has 2 unspecified atom stereocenters. The SMILES string of the molecule is CC(CCCNC(=O)OCC1c2ccccc2-c2ccccc21)C(=O)NC(C)(CO)C(=O)O. The summed E-state index contributed by atoms with van der Waals surface area (Å²) in [6.45, 7) is 2.77. The van der Waals surface area contributed by atoms with Crippen molar-refractivity contribution >= 4 is 18.0 Å². The van der Waals surface area contributed by atoms with Gasteiger partial charge in [-0.2, -0.15) is 0 Å². The Kier molecular flexibility index (Phi) is 7.71. The molecule has 0 bridgehead atoms. The molecule has 0 saturated heterocycles. The van der Waals surface area contributed by atoms with Gasteiger partial charge in [-0.1, -0.05) is 55.5 Å². The van der Waals surface area contributed by atoms with E-state index in [9.17, 15) is 19.5 Å². The fourth-order valence-electron chi connectivity index (χ4n) is 3.93. The maximum Gasteiger partial charge on any atom is 0.407 e. The molecule has 1 aliphatic carbocycles. The number of amides is 2. The van der Waals surface area contributed by atoms with Crippen LogP contribution in [0.1, 0.15) is 43.7 Å². The molecule has 1 aliphatic rings. The van der Waals surface area contributed by atoms with Crippen LogP contribution in [0.25, 0.3) is 11.1 Å². The minimum absolute atomic E-state index is 0.0121. The number of carboxylic acid groups (broad SMARTS) is 1. The number of ether oxygens (including phenoxy) is 1. The molecule has 4 N–H and O–H groups in total. The van der Waals surface area contributed by atoms with Crippen molar-refractivity contribution in [2.75, 3.05) is 19.8 Å². The maximum absolute atomic E-state index is 12.2. The highest BCUT2D eigenvalue weighted by molar-refractivity contribution is 5.87. The molecule has 33 heavy (non-hydrogen) atoms. The Balaban J connectivity index is 1.43. The Morgan fingerprint density at radius 2 is 1.64 bits per heavy atom. The zero-order valence-electron chi connectivity index (χ0n) is 18.8. The van der Waals surface area contributed by atoms with Crippen molar-refractivity contribution in [2.45, 2.75) is 38.1 Å². The number of carboxylic acids is 1. The van der Waals surface area contributed by atoms with Crippen molar-refractivity contribution in [3.63, 3.8) is 0 Å². The highest BCUT2D eigenvalue weighted by Crippen LogP contribution is 2.44. The van der Waals surface area contributed by atoms with Gasteiger partial charge in [0.1, 0.15) is 6.61 Å². The van der Waals surface area contributed by atoms with Crippen LogP contribution >= 0.6 is 0 Å². The lowest BCUT2D eigenvalue weighted by molar-refractivity contribution is -0.149. The lowest BCUT2D eigenvalue weighted by Crippen LogP contribution is -2.56. The quantitative estimate of drug-likeness (QED) is 0.409. The van der Waals surface area contributed by atoms with E-state index in [2.05, 4.69) is 34.9 Å². The average Bonchev–Trinajstić information content (AvgIpc) is 3.13. The van der Waals surface area contributed by atoms with Crippen LogP contribution in [0.4, 0.5) is 4.79 Å². The summed E-state index contributed by atoms with van der Waals surface area (Å²) in [5.74, 6) is -2.25. The smallest absolute Gasteiger partial charge is 0.407 e. The summed E-state index contributed by atoms with van der Waals surface area (Å²) >= 11 is 0. The van der Waals surface area contributed by atoms with E-state index in [4.69, 9.17) is 9.84 Å². The first-order valence-electron chi connectivity index (χ1n) is 11.0. The van der Waals surface area contributed by atoms with E-state index in [-0.39, 0.29) is 12.5 Å². The molecule has 0 saturated carbocycles. The number of aliphatic hydroxyl groups is 1. The monoisotopic (exact) mass is 454 g/mol. The van der Waals surface area contributed by atoms with Gasteiger partial charge in [-0.3, -0.25) is 4.79 Å². The van der Waals surface area contributed by atoms with Gasteiger partial charge in [-0.15, -0.1) is 0 Å². The molecule has 3 rings (SSSR count). The molecule has 0 fully saturated rings. The van der Waals surface area contributed by atoms with Crippen molar-refractivity contribution in [2.24, 2.45) is 5.92 Å². The summed E-state index contributed by atoms with van der Waals surface area (Å²) in [7, 11) is 0. The number of benzene rings is 2. The molecule has 0 radical (unpaired) electrons. The van der Waals surface area contributed by atoms with Crippen molar-refractivity contribution in [1.29, 1.82) is 0 Å². The summed E-state index contributed by atoms with van der Waals surface area (Å²) in [6, 6.07) is 16.2. The van der Waals surface area contributed by atoms with Crippen LogP contribution < -0.4 is 10.6 Å². The van der Waals surface area contributed by atoms with Crippen LogP contribution in [-0.2, 0) is 14.3 Å². The van der Waals surface area contributed by atoms with Crippen molar-refractivity contribution in [3.05, 3.63) is 59.7 Å². The topological polar surface area (TPSA) is 125 Å². The van der Waals surface area contributed by atoms with Gasteiger partial charge >= 0.3 is 12.1 Å². The largest absolute Gasteiger partial charge is 0.479 e. The summed E-state index contributed by atoms with van der Waals surface area (Å²) in [4.78, 5) is 35.6. The van der Waals surface area contributed by atoms with Crippen LogP contribution in [0.3, 0.4) is 0 Å². The molecule has 2 atom stereocenters. The van der Waals surface area contributed by atoms with Gasteiger partial charge < -0.3 is 25.6 Å². The predicted octanol–water partition coefficient (Wildman–Crippen LogP) is 2.89. The molecule has 2 aromatic carbocycles. The molecule has 8 nitrogen and oxygen atoms in total. The van der Waals surface area contributed by atoms with Crippen LogP contribution in [0.2, 0.25) is 0 Å². The highest BCUT2D eigenvalue weighted by atomic mass is 16.5. The second-order valence-corrected chi connectivity index (χ2v) is 8.58. The van der Waals surface area contributed by atoms with Gasteiger partial charge in [0.05, 0.1) is 6.61 Å². The van der Waals surface area contributed by atoms with E-state index in [1.165, 1.54) is 6.92 Å². The van der Waals surface area contributed by atoms with Crippen LogP contribution in [0.15, 0.2) is 48.5 Å². The average molecular weight is 455 g/mol. The molecular formula is C25H30N2O6. The second kappa shape index (κ2) is 10.5. The van der Waals surface area contributed by atoms with Gasteiger partial charge in [-0.05, 0) is 42.0 Å². The number of rotatable bonds is 10. The summed E-state index contributed by atoms with van der Waals surface area (Å²) in [5.41, 5.74) is 2.89. The molecule has 0 aliphatic heterocycles. The fraction of sp³-hybridized carbons (Fsp3) is 0.400. The van der Waals surface area contributed by atoms with E-state index < -0.39 is 36.0 Å². The zero-order valence-corrected chi connectivity index (χ0v) is 18.8. The summed E-state index contributed by atoms with van der Waals surface area (Å²) in [6.07, 6.45) is 0.436. The lowest BCUT2D eigenvalue weighted by atomic mass is 9.98. The number of aliphatic hydroxyl groups excluding tert-OH is 1. The molecule has 2 aromatic rings. The maximum atomic E-state index is 12.2. The minimum atomic E-state index is -1.72. The molecule has 8 heteroatoms. The van der Waals surface area contributed by atoms with Gasteiger partial charge in [0.2, 0.25) is 5.91 Å². The Morgan fingerprint density at radius 3 is 2.18 bits per heavy atom. The summed E-state index contributed by atoms with van der Waals surface area (Å²) < 4.78 is 5.48. The van der Waals surface area contributed by atoms with Gasteiger partial charge in [0.25, 0.3) is 0 Å². The Labute approximate surface area is 193 Å². The van der Waals surface area contributed by atoms with Crippen LogP contribution in [-0.4, -0.2) is 53.5 Å². The predicted molar refractivity (Wildman–Crippen MR) is 123 cm³/mol. The van der Waals surface area contributed by atoms with Gasteiger partial charge in [-0.25, -0.2) is 9.59 Å². The Bertz CT molecular complexity index is 978. The third-order valence-corrected chi connectivity index (χ3v) is 6.06. The van der Waals surface area contributed by atoms with E-state index in [0.717, 1.165) is 22.3 Å². The number of aliphatic carboxylic acids is 1. The number of hydrogen-bond donors (Lipinski definition) is 4. The van der Waals surface area contributed by atoms with Crippen LogP contribution in [0.5, 0.6) is 0 Å². The number of alkyl carbamates (subject to hydrolysis) is 1. The number of carbonyl (C=O) groups is 3. The van der Waals surface area contributed by atoms with E-state index >= 15 is 0 Å². The number of carbonyl (C=O) groups excluding carboxylic acids is 2. The van der Waals surface area contributed by atoms with Crippen molar-refractivity contribution in [1.82, 2.24) is 10.6 Å². The first kappa shape index (κ1) is 24.3. The third-order valence-electron chi connectivity index (χ3n) is 6.06. The highest BCUT2D eigenvalue weighted by Gasteiger charge is 2.35. The molecule has 2 amide bonds. The standard InChI is InChI=1S/C25H30N2O6/c1-16(22(29)27-25(2,15-28)23(30)31)8-7-13-26-24(32)33-14-21-19-11-5-3-9-17(19)18-10-4-6-12-20(18)21/h3-6,9-12,16,21,28H,7-8,13-15H2,1-2H3,(H,26,32)(H,27,29)(H,30,31). The van der Waals surface area contributed by atoms with Gasteiger partial charge in [0.15, 0.2) is 5.54 Å². The third kappa shape index (κ3) is 5.51. The van der Waals surface area contributed by atoms with Crippen molar-refractivity contribution in [3.8, 4) is 11.1 Å². The van der Waals surface area contributed by atoms with E-state index in [1.54, 1.807) is 6.92 Å². The lowest BCUT2D eigenvalue weighted by Gasteiger charge is -2.25. The van der Waals surface area contributed by atoms with Gasteiger partial charge in [0, 0.05) is 18.4 Å². The minimum Gasteiger partial charge on any atom is -0.479 e. The van der Waals surface area contributed by atoms with Crippen LogP contribution in [0, 0.1) is 5.92 Å². The first-order valence-corrected chi connectivity index (χ1v) is 11.0. The summed E-state index contributed by atoms with van der Waals surface area (Å²) in [5, 5.41) is 23.4. The molecule has 0 aromatic heterocycles. The Hall–Kier alpha value is -3.39. The fourth-order valence-corrected chi connectivity index (χ4v) is 3.93. The molecule has 176 valence electrons. The molecule has 0 heterocycles. The number of nitrogens with one attached hydrogen (secondary N) is 2. The second-order valence-electron chi connectivity index (χ2n) is 8.58. The van der Waals surface area contributed by atoms with E-state index in [1.807, 2.05) is 24.3 Å².